The second-order valence-electron chi connectivity index (χ2n) is 15.4. The third-order valence-corrected chi connectivity index (χ3v) is 11.5. The molecule has 0 bridgehead atoms. The van der Waals surface area contributed by atoms with Gasteiger partial charge in [0.15, 0.2) is 0 Å². The zero-order valence-corrected chi connectivity index (χ0v) is 28.8. The molecule has 1 heterocycles. The lowest BCUT2D eigenvalue weighted by atomic mass is 9.84. The van der Waals surface area contributed by atoms with Gasteiger partial charge in [0.1, 0.15) is 0 Å². The fourth-order valence-corrected chi connectivity index (χ4v) is 8.87. The minimum absolute atomic E-state index is 0.102. The average Bonchev–Trinajstić information content (AvgIpc) is 3.45. The van der Waals surface area contributed by atoms with E-state index in [2.05, 4.69) is 163 Å². The third-order valence-electron chi connectivity index (χ3n) is 10.3. The van der Waals surface area contributed by atoms with Gasteiger partial charge < -0.3 is 0 Å². The molecule has 0 aliphatic rings. The maximum absolute atomic E-state index is 2.43. The smallest absolute Gasteiger partial charge is 0.0440 e. The highest BCUT2D eigenvalue weighted by Gasteiger charge is 2.19. The van der Waals surface area contributed by atoms with Gasteiger partial charge >= 0.3 is 0 Å². The van der Waals surface area contributed by atoms with Gasteiger partial charge in [-0.2, -0.15) is 0 Å². The predicted octanol–water partition coefficient (Wildman–Crippen LogP) is 14.1. The van der Waals surface area contributed by atoms with Crippen molar-refractivity contribution in [3.63, 3.8) is 0 Å². The third kappa shape index (κ3) is 4.40. The van der Waals surface area contributed by atoms with Gasteiger partial charge in [0.25, 0.3) is 0 Å². The van der Waals surface area contributed by atoms with Gasteiger partial charge in [0.05, 0.1) is 0 Å². The van der Waals surface area contributed by atoms with Crippen LogP contribution < -0.4 is 0 Å². The predicted molar refractivity (Wildman–Crippen MR) is 210 cm³/mol. The monoisotopic (exact) mass is 622 g/mol. The maximum Gasteiger partial charge on any atom is 0.0440 e. The number of hydrogen-bond donors (Lipinski definition) is 0. The van der Waals surface area contributed by atoms with Crippen LogP contribution in [0.2, 0.25) is 0 Å². The molecule has 0 nitrogen and oxygen atoms in total. The number of thiophene rings is 1. The Kier molecular flexibility index (Phi) is 6.00. The minimum atomic E-state index is 0.102. The van der Waals surface area contributed by atoms with Gasteiger partial charge in [0.2, 0.25) is 0 Å². The first-order valence-electron chi connectivity index (χ1n) is 16.8. The average molecular weight is 623 g/mol. The fraction of sp³-hybridized carbons (Fsp3) is 0.174. The molecule has 228 valence electrons. The van der Waals surface area contributed by atoms with E-state index in [0.29, 0.717) is 0 Å². The Morgan fingerprint density at radius 3 is 1.57 bits per heavy atom. The molecule has 1 aromatic heterocycles. The van der Waals surface area contributed by atoms with E-state index in [1.54, 1.807) is 0 Å². The molecule has 47 heavy (non-hydrogen) atoms. The maximum atomic E-state index is 2.43. The molecule has 1 heteroatoms. The van der Waals surface area contributed by atoms with Crippen LogP contribution in [0.1, 0.15) is 52.7 Å². The van der Waals surface area contributed by atoms with Gasteiger partial charge in [-0.25, -0.2) is 0 Å². The standard InChI is InChI=1S/C46H38S/c1-45(2,3)31-17-21-36-35-19-16-30(24-39(35)33-9-7-8-10-34(33)40(36)25-31)29-14-12-27-11-13-28-15-20-37-41-26-32(46(4,5)6)18-22-42(41)47-44(37)43(28)38(27)23-29/h7-26H,1-6H3. The summed E-state index contributed by atoms with van der Waals surface area (Å²) in [4.78, 5) is 0. The molecule has 0 unspecified atom stereocenters. The van der Waals surface area contributed by atoms with Crippen LogP contribution in [0.5, 0.6) is 0 Å². The van der Waals surface area contributed by atoms with Crippen molar-refractivity contribution >= 4 is 85.4 Å². The molecule has 0 atom stereocenters. The highest BCUT2D eigenvalue weighted by Crippen LogP contribution is 2.44. The summed E-state index contributed by atoms with van der Waals surface area (Å²) < 4.78 is 2.74. The number of benzene rings is 8. The van der Waals surface area contributed by atoms with E-state index in [-0.39, 0.29) is 10.8 Å². The summed E-state index contributed by atoms with van der Waals surface area (Å²) in [6, 6.07) is 46.4. The van der Waals surface area contributed by atoms with Crippen molar-refractivity contribution in [2.45, 2.75) is 52.4 Å². The molecule has 0 saturated carbocycles. The number of fused-ring (bicyclic) bond motifs is 13. The highest BCUT2D eigenvalue weighted by atomic mass is 32.1. The zero-order chi connectivity index (χ0) is 32.2. The lowest BCUT2D eigenvalue weighted by molar-refractivity contribution is 0.591. The Balaban J connectivity index is 1.28. The molecule has 9 rings (SSSR count). The largest absolute Gasteiger partial charge is 0.135 e. The first kappa shape index (κ1) is 28.5. The Labute approximate surface area is 280 Å². The van der Waals surface area contributed by atoms with Crippen LogP contribution in [0.25, 0.3) is 85.2 Å². The van der Waals surface area contributed by atoms with Crippen molar-refractivity contribution in [2.24, 2.45) is 0 Å². The van der Waals surface area contributed by atoms with E-state index >= 15 is 0 Å². The van der Waals surface area contributed by atoms with E-state index in [1.807, 2.05) is 11.3 Å². The van der Waals surface area contributed by atoms with Gasteiger partial charge in [0, 0.05) is 25.6 Å². The van der Waals surface area contributed by atoms with Crippen LogP contribution in [0.15, 0.2) is 121 Å². The topological polar surface area (TPSA) is 0 Å². The molecular formula is C46H38S. The van der Waals surface area contributed by atoms with Crippen molar-refractivity contribution in [3.8, 4) is 11.1 Å². The highest BCUT2D eigenvalue weighted by molar-refractivity contribution is 7.26. The summed E-state index contributed by atoms with van der Waals surface area (Å²) in [7, 11) is 0. The summed E-state index contributed by atoms with van der Waals surface area (Å²) in [5.41, 5.74) is 5.49. The lowest BCUT2D eigenvalue weighted by Gasteiger charge is -2.21. The molecule has 0 fully saturated rings. The molecule has 0 aliphatic carbocycles. The molecule has 9 aromatic rings. The van der Waals surface area contributed by atoms with Gasteiger partial charge in [-0.1, -0.05) is 133 Å². The van der Waals surface area contributed by atoms with E-state index < -0.39 is 0 Å². The van der Waals surface area contributed by atoms with Crippen molar-refractivity contribution in [3.05, 3.63) is 132 Å². The Bertz CT molecular complexity index is 2720. The quantitative estimate of drug-likeness (QED) is 0.160. The fourth-order valence-electron chi connectivity index (χ4n) is 7.62. The summed E-state index contributed by atoms with van der Waals surface area (Å²) in [6.07, 6.45) is 0. The van der Waals surface area contributed by atoms with Crippen molar-refractivity contribution < 1.29 is 0 Å². The Morgan fingerprint density at radius 1 is 0.383 bits per heavy atom. The van der Waals surface area contributed by atoms with Crippen molar-refractivity contribution in [1.82, 2.24) is 0 Å². The molecule has 0 aliphatic heterocycles. The molecular weight excluding hydrogens is 585 g/mol. The first-order chi connectivity index (χ1) is 22.5. The van der Waals surface area contributed by atoms with Crippen LogP contribution in [-0.2, 0) is 10.8 Å². The van der Waals surface area contributed by atoms with Crippen LogP contribution in [0.4, 0.5) is 0 Å². The first-order valence-corrected chi connectivity index (χ1v) is 17.6. The molecule has 0 N–H and O–H groups in total. The van der Waals surface area contributed by atoms with E-state index in [1.165, 1.54) is 96.3 Å². The number of rotatable bonds is 1. The van der Waals surface area contributed by atoms with Crippen LogP contribution in [0.3, 0.4) is 0 Å². The van der Waals surface area contributed by atoms with E-state index in [9.17, 15) is 0 Å². The summed E-state index contributed by atoms with van der Waals surface area (Å²) in [5, 5.41) is 15.9. The zero-order valence-electron chi connectivity index (χ0n) is 28.0. The van der Waals surface area contributed by atoms with E-state index in [0.717, 1.165) is 0 Å². The Morgan fingerprint density at radius 2 is 0.872 bits per heavy atom. The SMILES string of the molecule is CC(C)(C)c1ccc2sc3c(ccc4ccc5ccc(-c6ccc7c8ccc(C(C)(C)C)cc8c8ccccc8c7c6)cc5c43)c2c1. The normalized spacial score (nSPS) is 12.9. The van der Waals surface area contributed by atoms with E-state index in [4.69, 9.17) is 0 Å². The van der Waals surface area contributed by atoms with Crippen LogP contribution in [0, 0.1) is 0 Å². The van der Waals surface area contributed by atoms with Crippen LogP contribution >= 0.6 is 11.3 Å². The minimum Gasteiger partial charge on any atom is -0.135 e. The van der Waals surface area contributed by atoms with Gasteiger partial charge in [-0.3, -0.25) is 0 Å². The Hall–Kier alpha value is -4.72. The number of hydrogen-bond acceptors (Lipinski definition) is 1. The van der Waals surface area contributed by atoms with Crippen molar-refractivity contribution in [2.75, 3.05) is 0 Å². The van der Waals surface area contributed by atoms with Crippen LogP contribution in [-0.4, -0.2) is 0 Å². The summed E-state index contributed by atoms with van der Waals surface area (Å²) in [6.45, 7) is 13.8. The molecule has 0 radical (unpaired) electrons. The summed E-state index contributed by atoms with van der Waals surface area (Å²) in [5.74, 6) is 0. The summed E-state index contributed by atoms with van der Waals surface area (Å²) >= 11 is 1.93. The van der Waals surface area contributed by atoms with Crippen molar-refractivity contribution in [1.29, 1.82) is 0 Å². The lowest BCUT2D eigenvalue weighted by Crippen LogP contribution is -2.10. The molecule has 0 spiro atoms. The van der Waals surface area contributed by atoms with Gasteiger partial charge in [-0.15, -0.1) is 11.3 Å². The second-order valence-corrected chi connectivity index (χ2v) is 16.5. The molecule has 0 saturated heterocycles. The second kappa shape index (κ2) is 9.89. The molecule has 0 amide bonds. The van der Waals surface area contributed by atoms with Gasteiger partial charge in [-0.05, 0) is 112 Å². The molecule has 8 aromatic carbocycles.